The lowest BCUT2D eigenvalue weighted by Crippen LogP contribution is -2.12. The molecule has 0 radical (unpaired) electrons. The van der Waals surface area contributed by atoms with E-state index in [9.17, 15) is 4.79 Å². The molecule has 0 atom stereocenters. The second-order valence-electron chi connectivity index (χ2n) is 8.81. The van der Waals surface area contributed by atoms with Crippen LogP contribution in [-0.2, 0) is 4.74 Å². The van der Waals surface area contributed by atoms with Crippen LogP contribution in [0.25, 0.3) is 27.8 Å². The van der Waals surface area contributed by atoms with Gasteiger partial charge in [-0.3, -0.25) is 4.79 Å². The van der Waals surface area contributed by atoms with E-state index in [1.54, 1.807) is 4.68 Å². The van der Waals surface area contributed by atoms with Crippen molar-refractivity contribution in [2.45, 2.75) is 6.92 Å². The van der Waals surface area contributed by atoms with Crippen molar-refractivity contribution < 1.29 is 23.7 Å². The van der Waals surface area contributed by atoms with Crippen LogP contribution >= 0.6 is 0 Å². The molecule has 1 aromatic heterocycles. The van der Waals surface area contributed by atoms with Crippen molar-refractivity contribution in [3.8, 4) is 34.6 Å². The third-order valence-corrected chi connectivity index (χ3v) is 6.26. The normalized spacial score (nSPS) is 12.0. The number of ether oxygens (including phenoxy) is 4. The third-order valence-electron chi connectivity index (χ3n) is 6.26. The lowest BCUT2D eigenvalue weighted by Gasteiger charge is -2.09. The number of hydrogen-bond acceptors (Lipinski definition) is 7. The van der Waals surface area contributed by atoms with Crippen LogP contribution in [0, 0.1) is 0 Å². The minimum absolute atomic E-state index is 0.180. The number of benzene rings is 4. The van der Waals surface area contributed by atoms with Crippen LogP contribution in [0.5, 0.6) is 17.5 Å². The molecule has 0 saturated heterocycles. The Balaban J connectivity index is 1.25. The molecular weight excluding hydrogens is 496 g/mol. The van der Waals surface area contributed by atoms with Crippen LogP contribution in [-0.4, -0.2) is 47.3 Å². The van der Waals surface area contributed by atoms with Crippen molar-refractivity contribution in [1.82, 2.24) is 14.8 Å². The summed E-state index contributed by atoms with van der Waals surface area (Å²) in [7, 11) is 0. The molecule has 0 unspecified atom stereocenters. The summed E-state index contributed by atoms with van der Waals surface area (Å²) in [4.78, 5) is 17.5. The zero-order chi connectivity index (χ0) is 26.6. The fraction of sp³-hybridized carbons (Fsp3) is 0.167. The van der Waals surface area contributed by atoms with Gasteiger partial charge in [0, 0.05) is 23.4 Å². The Morgan fingerprint density at radius 3 is 2.59 bits per heavy atom. The van der Waals surface area contributed by atoms with Crippen molar-refractivity contribution in [2.24, 2.45) is 0 Å². The minimum atomic E-state index is -0.180. The van der Waals surface area contributed by atoms with Crippen LogP contribution in [0.3, 0.4) is 0 Å². The van der Waals surface area contributed by atoms with Crippen LogP contribution in [0.1, 0.15) is 17.3 Å². The quantitative estimate of drug-likeness (QED) is 0.256. The van der Waals surface area contributed by atoms with Gasteiger partial charge in [0.2, 0.25) is 6.79 Å². The van der Waals surface area contributed by atoms with Gasteiger partial charge in [0.05, 0.1) is 12.3 Å². The predicted molar refractivity (Wildman–Crippen MR) is 147 cm³/mol. The number of nitrogens with one attached hydrogen (secondary N) is 1. The van der Waals surface area contributed by atoms with Gasteiger partial charge in [-0.2, -0.15) is 4.98 Å². The first-order valence-electron chi connectivity index (χ1n) is 12.7. The van der Waals surface area contributed by atoms with E-state index in [1.165, 1.54) is 0 Å². The standard InChI is InChI=1S/C30H26N4O5/c1-2-36-15-16-37-30-32-28(22-9-14-26-27(18-22)39-19-38-26)34(33-30)25-12-10-24(11-13-25)31-29(35)23-8-7-20-5-3-4-6-21(20)17-23/h3-14,17-18H,2,15-16,19H2,1H3,(H,31,35). The lowest BCUT2D eigenvalue weighted by molar-refractivity contribution is 0.102. The minimum Gasteiger partial charge on any atom is -0.460 e. The Morgan fingerprint density at radius 2 is 1.74 bits per heavy atom. The largest absolute Gasteiger partial charge is 0.460 e. The molecule has 39 heavy (non-hydrogen) atoms. The van der Waals surface area contributed by atoms with Crippen molar-refractivity contribution in [3.05, 3.63) is 90.5 Å². The summed E-state index contributed by atoms with van der Waals surface area (Å²) in [6.45, 7) is 3.49. The van der Waals surface area contributed by atoms with Gasteiger partial charge in [0.25, 0.3) is 5.91 Å². The van der Waals surface area contributed by atoms with Gasteiger partial charge >= 0.3 is 6.01 Å². The molecular formula is C30H26N4O5. The molecule has 196 valence electrons. The predicted octanol–water partition coefficient (Wildman–Crippen LogP) is 5.48. The zero-order valence-corrected chi connectivity index (χ0v) is 21.3. The fourth-order valence-electron chi connectivity index (χ4n) is 4.31. The SMILES string of the molecule is CCOCCOc1nc(-c2ccc3c(c2)OCO3)n(-c2ccc(NC(=O)c3ccc4ccccc4c3)cc2)n1. The molecule has 0 aliphatic carbocycles. The number of amides is 1. The number of rotatable bonds is 9. The monoisotopic (exact) mass is 522 g/mol. The summed E-state index contributed by atoms with van der Waals surface area (Å²) < 4.78 is 23.8. The van der Waals surface area contributed by atoms with Gasteiger partial charge in [0.15, 0.2) is 17.3 Å². The Bertz CT molecular complexity index is 1630. The first-order chi connectivity index (χ1) is 19.2. The van der Waals surface area contributed by atoms with Crippen LogP contribution in [0.2, 0.25) is 0 Å². The van der Waals surface area contributed by atoms with Crippen molar-refractivity contribution in [2.75, 3.05) is 31.9 Å². The summed E-state index contributed by atoms with van der Waals surface area (Å²) >= 11 is 0. The fourth-order valence-corrected chi connectivity index (χ4v) is 4.31. The molecule has 4 aromatic carbocycles. The average Bonchev–Trinajstić information content (AvgIpc) is 3.62. The molecule has 0 fully saturated rings. The number of carbonyl (C=O) groups excluding carboxylic acids is 1. The van der Waals surface area contributed by atoms with Crippen LogP contribution in [0.4, 0.5) is 5.69 Å². The Labute approximate surface area is 224 Å². The summed E-state index contributed by atoms with van der Waals surface area (Å²) in [6, 6.07) is 26.8. The highest BCUT2D eigenvalue weighted by Crippen LogP contribution is 2.36. The molecule has 9 heteroatoms. The maximum Gasteiger partial charge on any atom is 0.336 e. The van der Waals surface area contributed by atoms with Gasteiger partial charge in [-0.15, -0.1) is 5.10 Å². The molecule has 0 saturated carbocycles. The first kappa shape index (κ1) is 24.4. The Hall–Kier alpha value is -4.89. The van der Waals surface area contributed by atoms with E-state index in [0.717, 1.165) is 22.0 Å². The lowest BCUT2D eigenvalue weighted by atomic mass is 10.1. The molecule has 9 nitrogen and oxygen atoms in total. The van der Waals surface area contributed by atoms with Gasteiger partial charge in [0.1, 0.15) is 6.61 Å². The van der Waals surface area contributed by atoms with Crippen molar-refractivity contribution in [3.63, 3.8) is 0 Å². The summed E-state index contributed by atoms with van der Waals surface area (Å²) in [5, 5.41) is 9.66. The summed E-state index contributed by atoms with van der Waals surface area (Å²) in [5.41, 5.74) is 2.79. The first-order valence-corrected chi connectivity index (χ1v) is 12.7. The number of nitrogens with zero attached hydrogens (tertiary/aromatic N) is 3. The molecule has 2 heterocycles. The molecule has 1 N–H and O–H groups in total. The summed E-state index contributed by atoms with van der Waals surface area (Å²) in [6.07, 6.45) is 0. The summed E-state index contributed by atoms with van der Waals surface area (Å²) in [5.74, 6) is 1.73. The van der Waals surface area contributed by atoms with E-state index in [1.807, 2.05) is 91.9 Å². The average molecular weight is 523 g/mol. The molecule has 6 rings (SSSR count). The highest BCUT2D eigenvalue weighted by Gasteiger charge is 2.19. The Kier molecular flexibility index (Phi) is 6.80. The molecule has 0 bridgehead atoms. The van der Waals surface area contributed by atoms with E-state index in [-0.39, 0.29) is 18.7 Å². The van der Waals surface area contributed by atoms with Gasteiger partial charge in [-0.1, -0.05) is 30.3 Å². The van der Waals surface area contributed by atoms with Crippen molar-refractivity contribution >= 4 is 22.4 Å². The highest BCUT2D eigenvalue weighted by molar-refractivity contribution is 6.06. The van der Waals surface area contributed by atoms with E-state index >= 15 is 0 Å². The third kappa shape index (κ3) is 5.25. The van der Waals surface area contributed by atoms with Gasteiger partial charge < -0.3 is 24.3 Å². The second kappa shape index (κ2) is 10.8. The number of carbonyl (C=O) groups is 1. The van der Waals surface area contributed by atoms with E-state index in [4.69, 9.17) is 18.9 Å². The Morgan fingerprint density at radius 1 is 0.923 bits per heavy atom. The molecule has 0 spiro atoms. The van der Waals surface area contributed by atoms with Crippen LogP contribution in [0.15, 0.2) is 84.9 Å². The second-order valence-corrected chi connectivity index (χ2v) is 8.81. The van der Waals surface area contributed by atoms with Gasteiger partial charge in [-0.05, 0) is 72.3 Å². The molecule has 5 aromatic rings. The molecule has 1 aliphatic rings. The maximum atomic E-state index is 12.9. The molecule has 1 aliphatic heterocycles. The van der Waals surface area contributed by atoms with Crippen LogP contribution < -0.4 is 19.5 Å². The van der Waals surface area contributed by atoms with Crippen molar-refractivity contribution in [1.29, 1.82) is 0 Å². The number of hydrogen-bond donors (Lipinski definition) is 1. The highest BCUT2D eigenvalue weighted by atomic mass is 16.7. The number of anilines is 1. The topological polar surface area (TPSA) is 96.7 Å². The zero-order valence-electron chi connectivity index (χ0n) is 21.3. The van der Waals surface area contributed by atoms with Gasteiger partial charge in [-0.25, -0.2) is 4.68 Å². The smallest absolute Gasteiger partial charge is 0.336 e. The number of fused-ring (bicyclic) bond motifs is 2. The maximum absolute atomic E-state index is 12.9. The van der Waals surface area contributed by atoms with E-state index < -0.39 is 0 Å². The van der Waals surface area contributed by atoms with E-state index in [2.05, 4.69) is 15.4 Å². The van der Waals surface area contributed by atoms with E-state index in [0.29, 0.717) is 48.4 Å². The molecule has 1 amide bonds. The number of aromatic nitrogens is 3.